The van der Waals surface area contributed by atoms with Gasteiger partial charge >= 0.3 is 0 Å². The first-order chi connectivity index (χ1) is 12.2. The van der Waals surface area contributed by atoms with E-state index in [0.29, 0.717) is 6.04 Å². The van der Waals surface area contributed by atoms with Crippen LogP contribution in [0.2, 0.25) is 0 Å². The number of hydrogen-bond acceptors (Lipinski definition) is 3. The summed E-state index contributed by atoms with van der Waals surface area (Å²) in [5, 5.41) is 6.96. The zero-order valence-corrected chi connectivity index (χ0v) is 19.0. The molecule has 2 rings (SSSR count). The fourth-order valence-corrected chi connectivity index (χ4v) is 3.54. The van der Waals surface area contributed by atoms with Gasteiger partial charge in [0.25, 0.3) is 0 Å². The molecule has 1 aromatic rings. The zero-order chi connectivity index (χ0) is 17.9. The molecule has 0 unspecified atom stereocenters. The van der Waals surface area contributed by atoms with E-state index in [1.807, 2.05) is 30.9 Å². The van der Waals surface area contributed by atoms with Crippen molar-refractivity contribution in [2.75, 3.05) is 38.7 Å². The Morgan fingerprint density at radius 2 is 1.92 bits per heavy atom. The van der Waals surface area contributed by atoms with E-state index in [1.165, 1.54) is 24.2 Å². The summed E-state index contributed by atoms with van der Waals surface area (Å²) in [5.41, 5.74) is 1.18. The number of guanidine groups is 1. The Morgan fingerprint density at radius 1 is 1.23 bits per heavy atom. The van der Waals surface area contributed by atoms with Gasteiger partial charge in [0, 0.05) is 39.3 Å². The average molecular weight is 494 g/mol. The van der Waals surface area contributed by atoms with Crippen LogP contribution in [0.1, 0.15) is 31.2 Å². The normalized spacial score (nSPS) is 16.2. The highest BCUT2D eigenvalue weighted by molar-refractivity contribution is 14.0. The minimum absolute atomic E-state index is 0. The zero-order valence-electron chi connectivity index (χ0n) is 15.8. The number of halogens is 2. The van der Waals surface area contributed by atoms with E-state index in [9.17, 15) is 4.39 Å². The first-order valence-corrected chi connectivity index (χ1v) is 10.5. The second-order valence-electron chi connectivity index (χ2n) is 6.52. The molecule has 1 aliphatic heterocycles. The molecule has 1 fully saturated rings. The number of hydrogen-bond donors (Lipinski definition) is 2. The van der Waals surface area contributed by atoms with Crippen molar-refractivity contribution < 1.29 is 4.39 Å². The van der Waals surface area contributed by atoms with Crippen molar-refractivity contribution >= 4 is 41.7 Å². The molecule has 1 aromatic carbocycles. The Bertz CT molecular complexity index is 519. The highest BCUT2D eigenvalue weighted by atomic mass is 127. The maximum atomic E-state index is 13.0. The third-order valence-electron chi connectivity index (χ3n) is 4.54. The number of piperidine rings is 1. The van der Waals surface area contributed by atoms with Gasteiger partial charge < -0.3 is 10.6 Å². The molecule has 0 amide bonds. The molecule has 4 nitrogen and oxygen atoms in total. The quantitative estimate of drug-likeness (QED) is 0.250. The second kappa shape index (κ2) is 13.6. The van der Waals surface area contributed by atoms with Crippen molar-refractivity contribution in [3.63, 3.8) is 0 Å². The molecular formula is C19H32FIN4S. The Labute approximate surface area is 178 Å². The number of unbranched alkanes of at least 4 members (excludes halogenated alkanes) is 1. The molecule has 0 saturated carbocycles. The standard InChI is InChI=1S/C19H31FN4S.HI/c1-21-19(22-11-3-4-14-25-2)23-18-9-12-24(13-10-18)15-16-5-7-17(20)8-6-16;/h5-8,18H,3-4,9-15H2,1-2H3,(H2,21,22,23);1H. The van der Waals surface area contributed by atoms with Crippen molar-refractivity contribution in [1.29, 1.82) is 0 Å². The van der Waals surface area contributed by atoms with Crippen molar-refractivity contribution in [1.82, 2.24) is 15.5 Å². The molecule has 148 valence electrons. The van der Waals surface area contributed by atoms with Gasteiger partial charge in [0.1, 0.15) is 5.82 Å². The van der Waals surface area contributed by atoms with E-state index in [2.05, 4.69) is 26.8 Å². The van der Waals surface area contributed by atoms with Crippen LogP contribution in [0.4, 0.5) is 4.39 Å². The Kier molecular flexibility index (Phi) is 12.3. The average Bonchev–Trinajstić information content (AvgIpc) is 2.64. The summed E-state index contributed by atoms with van der Waals surface area (Å²) in [6.07, 6.45) is 6.78. The van der Waals surface area contributed by atoms with Gasteiger partial charge in [-0.3, -0.25) is 9.89 Å². The number of nitrogens with zero attached hydrogens (tertiary/aromatic N) is 2. The first-order valence-electron chi connectivity index (χ1n) is 9.14. The molecule has 7 heteroatoms. The van der Waals surface area contributed by atoms with Crippen LogP contribution >= 0.6 is 35.7 Å². The summed E-state index contributed by atoms with van der Waals surface area (Å²) in [6, 6.07) is 7.31. The van der Waals surface area contributed by atoms with E-state index in [-0.39, 0.29) is 29.8 Å². The van der Waals surface area contributed by atoms with Crippen molar-refractivity contribution in [2.24, 2.45) is 4.99 Å². The van der Waals surface area contributed by atoms with Gasteiger partial charge in [0.2, 0.25) is 0 Å². The summed E-state index contributed by atoms with van der Waals surface area (Å²) in [4.78, 5) is 6.77. The van der Waals surface area contributed by atoms with Crippen LogP contribution in [-0.2, 0) is 6.54 Å². The van der Waals surface area contributed by atoms with Gasteiger partial charge in [-0.15, -0.1) is 24.0 Å². The van der Waals surface area contributed by atoms with Gasteiger partial charge in [-0.1, -0.05) is 12.1 Å². The maximum Gasteiger partial charge on any atom is 0.191 e. The summed E-state index contributed by atoms with van der Waals surface area (Å²) in [7, 11) is 1.83. The van der Waals surface area contributed by atoms with E-state index in [0.717, 1.165) is 45.0 Å². The van der Waals surface area contributed by atoms with Crippen LogP contribution in [0.5, 0.6) is 0 Å². The molecule has 0 spiro atoms. The Hall–Kier alpha value is -0.540. The molecule has 26 heavy (non-hydrogen) atoms. The number of thioether (sulfide) groups is 1. The van der Waals surface area contributed by atoms with E-state index >= 15 is 0 Å². The number of nitrogens with one attached hydrogen (secondary N) is 2. The lowest BCUT2D eigenvalue weighted by atomic mass is 10.0. The summed E-state index contributed by atoms with van der Waals surface area (Å²) < 4.78 is 13.0. The molecule has 0 aromatic heterocycles. The van der Waals surface area contributed by atoms with E-state index < -0.39 is 0 Å². The Morgan fingerprint density at radius 3 is 2.54 bits per heavy atom. The largest absolute Gasteiger partial charge is 0.356 e. The van der Waals surface area contributed by atoms with Crippen LogP contribution in [0.15, 0.2) is 29.3 Å². The number of benzene rings is 1. The van der Waals surface area contributed by atoms with Crippen LogP contribution in [0, 0.1) is 5.82 Å². The minimum Gasteiger partial charge on any atom is -0.356 e. The lowest BCUT2D eigenvalue weighted by Crippen LogP contribution is -2.48. The number of likely N-dealkylation sites (tertiary alicyclic amines) is 1. The van der Waals surface area contributed by atoms with Gasteiger partial charge in [-0.2, -0.15) is 11.8 Å². The maximum absolute atomic E-state index is 13.0. The summed E-state index contributed by atoms with van der Waals surface area (Å²) in [6.45, 7) is 3.98. The first kappa shape index (κ1) is 23.5. The predicted molar refractivity (Wildman–Crippen MR) is 122 cm³/mol. The van der Waals surface area contributed by atoms with Gasteiger partial charge in [-0.25, -0.2) is 4.39 Å². The van der Waals surface area contributed by atoms with Gasteiger partial charge in [-0.05, 0) is 55.4 Å². The minimum atomic E-state index is -0.168. The van der Waals surface area contributed by atoms with E-state index in [4.69, 9.17) is 0 Å². The molecule has 1 heterocycles. The number of aliphatic imine (C=N–C) groups is 1. The van der Waals surface area contributed by atoms with Crippen molar-refractivity contribution in [3.05, 3.63) is 35.6 Å². The van der Waals surface area contributed by atoms with Crippen LogP contribution in [0.3, 0.4) is 0 Å². The van der Waals surface area contributed by atoms with Crippen molar-refractivity contribution in [2.45, 2.75) is 38.3 Å². The third-order valence-corrected chi connectivity index (χ3v) is 5.24. The SMILES string of the molecule is CN=C(NCCCCSC)NC1CCN(Cc2ccc(F)cc2)CC1.I. The van der Waals surface area contributed by atoms with Crippen LogP contribution < -0.4 is 10.6 Å². The highest BCUT2D eigenvalue weighted by Crippen LogP contribution is 2.14. The molecule has 0 radical (unpaired) electrons. The fraction of sp³-hybridized carbons (Fsp3) is 0.632. The molecule has 2 N–H and O–H groups in total. The molecular weight excluding hydrogens is 462 g/mol. The lowest BCUT2D eigenvalue weighted by molar-refractivity contribution is 0.198. The molecule has 1 saturated heterocycles. The highest BCUT2D eigenvalue weighted by Gasteiger charge is 2.19. The lowest BCUT2D eigenvalue weighted by Gasteiger charge is -2.33. The van der Waals surface area contributed by atoms with Crippen LogP contribution in [0.25, 0.3) is 0 Å². The van der Waals surface area contributed by atoms with E-state index in [1.54, 1.807) is 12.1 Å². The second-order valence-corrected chi connectivity index (χ2v) is 7.51. The fourth-order valence-electron chi connectivity index (χ4n) is 3.05. The molecule has 0 aliphatic carbocycles. The summed E-state index contributed by atoms with van der Waals surface area (Å²) >= 11 is 1.90. The monoisotopic (exact) mass is 494 g/mol. The number of rotatable bonds is 8. The van der Waals surface area contributed by atoms with Crippen LogP contribution in [-0.4, -0.2) is 55.6 Å². The Balaban J connectivity index is 0.00000338. The molecule has 0 atom stereocenters. The van der Waals surface area contributed by atoms with Gasteiger partial charge in [0.05, 0.1) is 0 Å². The third kappa shape index (κ3) is 8.90. The van der Waals surface area contributed by atoms with Gasteiger partial charge in [0.15, 0.2) is 5.96 Å². The topological polar surface area (TPSA) is 39.7 Å². The summed E-state index contributed by atoms with van der Waals surface area (Å²) in [5.74, 6) is 1.97. The smallest absolute Gasteiger partial charge is 0.191 e. The molecule has 0 bridgehead atoms. The van der Waals surface area contributed by atoms with Crippen molar-refractivity contribution in [3.8, 4) is 0 Å². The predicted octanol–water partition coefficient (Wildman–Crippen LogP) is 3.72. The molecule has 1 aliphatic rings.